The molecule has 1 amide bonds. The Kier molecular flexibility index (Phi) is 5.75. The van der Waals surface area contributed by atoms with Crippen molar-refractivity contribution in [2.24, 2.45) is 0 Å². The SMILES string of the molecule is CN(C)c1ccc2nnc(C3CCN(CCN4CCCCCC4=O)CC3)n2n1. The van der Waals surface area contributed by atoms with E-state index in [1.807, 2.05) is 35.6 Å². The van der Waals surface area contributed by atoms with E-state index in [9.17, 15) is 4.79 Å². The molecule has 8 nitrogen and oxygen atoms in total. The number of fused-ring (bicyclic) bond motifs is 1. The Morgan fingerprint density at radius 3 is 2.64 bits per heavy atom. The zero-order valence-electron chi connectivity index (χ0n) is 17.0. The minimum absolute atomic E-state index is 0.338. The van der Waals surface area contributed by atoms with Crippen molar-refractivity contribution in [3.05, 3.63) is 18.0 Å². The molecule has 0 aromatic carbocycles. The van der Waals surface area contributed by atoms with Crippen LogP contribution in [-0.2, 0) is 4.79 Å². The number of nitrogens with zero attached hydrogens (tertiary/aromatic N) is 7. The van der Waals surface area contributed by atoms with Crippen molar-refractivity contribution in [1.82, 2.24) is 29.6 Å². The van der Waals surface area contributed by atoms with Gasteiger partial charge in [-0.1, -0.05) is 6.42 Å². The zero-order chi connectivity index (χ0) is 19.5. The molecule has 0 saturated carbocycles. The minimum Gasteiger partial charge on any atom is -0.361 e. The maximum atomic E-state index is 12.2. The second kappa shape index (κ2) is 8.43. The number of hydrogen-bond acceptors (Lipinski definition) is 6. The summed E-state index contributed by atoms with van der Waals surface area (Å²) < 4.78 is 1.91. The van der Waals surface area contributed by atoms with E-state index in [0.29, 0.717) is 11.8 Å². The van der Waals surface area contributed by atoms with Gasteiger partial charge in [-0.3, -0.25) is 4.79 Å². The average Bonchev–Trinajstić information content (AvgIpc) is 3.02. The van der Waals surface area contributed by atoms with Crippen molar-refractivity contribution in [3.8, 4) is 0 Å². The summed E-state index contributed by atoms with van der Waals surface area (Å²) in [5.74, 6) is 2.61. The number of carbonyl (C=O) groups excluding carboxylic acids is 1. The number of amides is 1. The summed E-state index contributed by atoms with van der Waals surface area (Å²) in [7, 11) is 3.98. The van der Waals surface area contributed by atoms with Gasteiger partial charge < -0.3 is 14.7 Å². The highest BCUT2D eigenvalue weighted by Gasteiger charge is 2.26. The number of hydrogen-bond donors (Lipinski definition) is 0. The van der Waals surface area contributed by atoms with Crippen LogP contribution < -0.4 is 4.90 Å². The van der Waals surface area contributed by atoms with Crippen molar-refractivity contribution in [1.29, 1.82) is 0 Å². The van der Waals surface area contributed by atoms with Crippen LogP contribution in [0.5, 0.6) is 0 Å². The lowest BCUT2D eigenvalue weighted by Crippen LogP contribution is -2.41. The molecule has 2 aromatic rings. The molecule has 0 N–H and O–H groups in total. The van der Waals surface area contributed by atoms with Crippen LogP contribution in [0, 0.1) is 0 Å². The molecule has 152 valence electrons. The molecular weight excluding hydrogens is 354 g/mol. The van der Waals surface area contributed by atoms with Gasteiger partial charge in [0.15, 0.2) is 11.5 Å². The van der Waals surface area contributed by atoms with Gasteiger partial charge in [0.2, 0.25) is 5.91 Å². The Labute approximate surface area is 166 Å². The highest BCUT2D eigenvalue weighted by molar-refractivity contribution is 5.76. The first-order valence-corrected chi connectivity index (χ1v) is 10.5. The van der Waals surface area contributed by atoms with Gasteiger partial charge in [-0.25, -0.2) is 0 Å². The molecular formula is C20H31N7O. The van der Waals surface area contributed by atoms with Crippen molar-refractivity contribution in [3.63, 3.8) is 0 Å². The van der Waals surface area contributed by atoms with Gasteiger partial charge in [0.1, 0.15) is 5.82 Å². The van der Waals surface area contributed by atoms with Gasteiger partial charge in [0.25, 0.3) is 0 Å². The zero-order valence-corrected chi connectivity index (χ0v) is 17.0. The molecule has 4 heterocycles. The molecule has 4 rings (SSSR count). The first-order chi connectivity index (χ1) is 13.6. The predicted molar refractivity (Wildman–Crippen MR) is 109 cm³/mol. The average molecular weight is 386 g/mol. The quantitative estimate of drug-likeness (QED) is 0.781. The van der Waals surface area contributed by atoms with Gasteiger partial charge >= 0.3 is 0 Å². The van der Waals surface area contributed by atoms with E-state index in [1.54, 1.807) is 0 Å². The number of rotatable bonds is 5. The van der Waals surface area contributed by atoms with E-state index in [1.165, 1.54) is 6.42 Å². The lowest BCUT2D eigenvalue weighted by Gasteiger charge is -2.32. The smallest absolute Gasteiger partial charge is 0.222 e. The van der Waals surface area contributed by atoms with Crippen LogP contribution >= 0.6 is 0 Å². The molecule has 0 spiro atoms. The Balaban J connectivity index is 1.34. The third kappa shape index (κ3) is 4.11. The monoisotopic (exact) mass is 385 g/mol. The molecule has 2 aromatic heterocycles. The van der Waals surface area contributed by atoms with Crippen molar-refractivity contribution in [2.45, 2.75) is 44.4 Å². The minimum atomic E-state index is 0.338. The molecule has 28 heavy (non-hydrogen) atoms. The van der Waals surface area contributed by atoms with Crippen molar-refractivity contribution < 1.29 is 4.79 Å². The maximum absolute atomic E-state index is 12.2. The molecule has 0 aliphatic carbocycles. The molecule has 2 fully saturated rings. The lowest BCUT2D eigenvalue weighted by molar-refractivity contribution is -0.130. The highest BCUT2D eigenvalue weighted by Crippen LogP contribution is 2.27. The normalized spacial score (nSPS) is 19.9. The predicted octanol–water partition coefficient (Wildman–Crippen LogP) is 1.77. The Bertz CT molecular complexity index is 810. The largest absolute Gasteiger partial charge is 0.361 e. The molecule has 2 aliphatic rings. The molecule has 2 saturated heterocycles. The Hall–Kier alpha value is -2.22. The molecule has 0 unspecified atom stereocenters. The fourth-order valence-electron chi connectivity index (χ4n) is 4.24. The number of aromatic nitrogens is 4. The van der Waals surface area contributed by atoms with Crippen LogP contribution in [0.4, 0.5) is 5.82 Å². The third-order valence-electron chi connectivity index (χ3n) is 6.04. The van der Waals surface area contributed by atoms with E-state index < -0.39 is 0 Å². The maximum Gasteiger partial charge on any atom is 0.222 e. The lowest BCUT2D eigenvalue weighted by atomic mass is 9.96. The highest BCUT2D eigenvalue weighted by atomic mass is 16.2. The van der Waals surface area contributed by atoms with Gasteiger partial charge in [0, 0.05) is 46.1 Å². The van der Waals surface area contributed by atoms with Crippen LogP contribution in [0.3, 0.4) is 0 Å². The van der Waals surface area contributed by atoms with Gasteiger partial charge in [-0.05, 0) is 50.9 Å². The van der Waals surface area contributed by atoms with E-state index in [2.05, 4.69) is 20.0 Å². The van der Waals surface area contributed by atoms with Gasteiger partial charge in [-0.2, -0.15) is 4.52 Å². The summed E-state index contributed by atoms with van der Waals surface area (Å²) in [6.45, 7) is 4.85. The molecule has 8 heteroatoms. The van der Waals surface area contributed by atoms with Crippen LogP contribution in [0.15, 0.2) is 12.1 Å². The van der Waals surface area contributed by atoms with Crippen molar-refractivity contribution in [2.75, 3.05) is 51.7 Å². The fourth-order valence-corrected chi connectivity index (χ4v) is 4.24. The first kappa shape index (κ1) is 19.1. The van der Waals surface area contributed by atoms with Crippen LogP contribution in [-0.4, -0.2) is 82.3 Å². The molecule has 0 bridgehead atoms. The number of carbonyl (C=O) groups is 1. The molecule has 2 aliphatic heterocycles. The standard InChI is InChI=1S/C20H31N7O/c1-24(2)18-8-7-17-21-22-20(27(17)23-18)16-9-12-25(13-10-16)14-15-26-11-5-3-4-6-19(26)28/h7-8,16H,3-6,9-15H2,1-2H3. The summed E-state index contributed by atoms with van der Waals surface area (Å²) in [5, 5.41) is 13.5. The molecule has 0 radical (unpaired) electrons. The second-order valence-corrected chi connectivity index (χ2v) is 8.22. The van der Waals surface area contributed by atoms with E-state index >= 15 is 0 Å². The van der Waals surface area contributed by atoms with E-state index in [0.717, 1.165) is 82.1 Å². The Morgan fingerprint density at radius 2 is 1.86 bits per heavy atom. The topological polar surface area (TPSA) is 69.9 Å². The van der Waals surface area contributed by atoms with Crippen LogP contribution in [0.25, 0.3) is 5.65 Å². The van der Waals surface area contributed by atoms with Crippen molar-refractivity contribution >= 4 is 17.4 Å². The summed E-state index contributed by atoms with van der Waals surface area (Å²) in [5.41, 5.74) is 0.808. The van der Waals surface area contributed by atoms with Gasteiger partial charge in [-0.15, -0.1) is 15.3 Å². The van der Waals surface area contributed by atoms with E-state index in [-0.39, 0.29) is 0 Å². The summed E-state index contributed by atoms with van der Waals surface area (Å²) in [4.78, 5) is 18.7. The van der Waals surface area contributed by atoms with E-state index in [4.69, 9.17) is 5.10 Å². The summed E-state index contributed by atoms with van der Waals surface area (Å²) in [6, 6.07) is 3.95. The Morgan fingerprint density at radius 1 is 1.04 bits per heavy atom. The summed E-state index contributed by atoms with van der Waals surface area (Å²) in [6.07, 6.45) is 6.23. The number of likely N-dealkylation sites (tertiary alicyclic amines) is 2. The number of anilines is 1. The van der Waals surface area contributed by atoms with Gasteiger partial charge in [0.05, 0.1) is 0 Å². The fraction of sp³-hybridized carbons (Fsp3) is 0.700. The van der Waals surface area contributed by atoms with Crippen LogP contribution in [0.2, 0.25) is 0 Å². The second-order valence-electron chi connectivity index (χ2n) is 8.22. The first-order valence-electron chi connectivity index (χ1n) is 10.5. The van der Waals surface area contributed by atoms with Crippen LogP contribution in [0.1, 0.15) is 50.3 Å². The summed E-state index contributed by atoms with van der Waals surface area (Å²) >= 11 is 0. The third-order valence-corrected chi connectivity index (χ3v) is 6.04. The molecule has 0 atom stereocenters. The number of piperidine rings is 1.